The number of hydrogen-bond donors (Lipinski definition) is 1. The van der Waals surface area contributed by atoms with Gasteiger partial charge in [0.2, 0.25) is 21.8 Å². The number of sulfonamides is 1. The van der Waals surface area contributed by atoms with Gasteiger partial charge in [0.05, 0.1) is 11.9 Å². The van der Waals surface area contributed by atoms with Crippen LogP contribution in [0.2, 0.25) is 0 Å². The van der Waals surface area contributed by atoms with Crippen molar-refractivity contribution in [3.63, 3.8) is 0 Å². The van der Waals surface area contributed by atoms with Crippen molar-refractivity contribution < 1.29 is 18.0 Å². The Bertz CT molecular complexity index is 1330. The van der Waals surface area contributed by atoms with E-state index in [-0.39, 0.29) is 12.5 Å². The standard InChI is InChI=1S/C28H32BrN3O4S/c1-4-30-28(34)26(17-22-11-6-5-7-12-22)31(19-23-13-8-10-21(2)16-23)27(33)20-32(37(3,35)36)25-15-9-14-24(29)18-25/h5-16,18,26H,4,17,19-20H2,1-3H3,(H,30,34)/t26-/m1/s1. The Kier molecular flexibility index (Phi) is 9.88. The maximum atomic E-state index is 13.9. The zero-order valence-corrected chi connectivity index (χ0v) is 23.6. The lowest BCUT2D eigenvalue weighted by Gasteiger charge is -2.33. The smallest absolute Gasteiger partial charge is 0.244 e. The number of amides is 2. The minimum atomic E-state index is -3.79. The van der Waals surface area contributed by atoms with Gasteiger partial charge in [-0.3, -0.25) is 13.9 Å². The van der Waals surface area contributed by atoms with Gasteiger partial charge in [-0.25, -0.2) is 8.42 Å². The van der Waals surface area contributed by atoms with Gasteiger partial charge >= 0.3 is 0 Å². The van der Waals surface area contributed by atoms with Crippen molar-refractivity contribution in [3.05, 3.63) is 100 Å². The van der Waals surface area contributed by atoms with E-state index in [9.17, 15) is 18.0 Å². The van der Waals surface area contributed by atoms with Gasteiger partial charge in [0.25, 0.3) is 0 Å². The van der Waals surface area contributed by atoms with E-state index < -0.39 is 28.5 Å². The van der Waals surface area contributed by atoms with Crippen molar-refractivity contribution in [3.8, 4) is 0 Å². The van der Waals surface area contributed by atoms with Crippen molar-refractivity contribution in [2.24, 2.45) is 0 Å². The van der Waals surface area contributed by atoms with E-state index >= 15 is 0 Å². The van der Waals surface area contributed by atoms with Crippen molar-refractivity contribution >= 4 is 43.5 Å². The number of hydrogen-bond acceptors (Lipinski definition) is 4. The summed E-state index contributed by atoms with van der Waals surface area (Å²) in [5.74, 6) is -0.764. The Balaban J connectivity index is 2.04. The van der Waals surface area contributed by atoms with Gasteiger partial charge in [0, 0.05) is 24.0 Å². The highest BCUT2D eigenvalue weighted by Gasteiger charge is 2.32. The van der Waals surface area contributed by atoms with E-state index in [1.54, 1.807) is 24.3 Å². The zero-order valence-electron chi connectivity index (χ0n) is 21.2. The molecule has 0 radical (unpaired) electrons. The van der Waals surface area contributed by atoms with Gasteiger partial charge in [-0.05, 0) is 43.2 Å². The number of nitrogens with zero attached hydrogens (tertiary/aromatic N) is 2. The van der Waals surface area contributed by atoms with Crippen LogP contribution in [0.5, 0.6) is 0 Å². The van der Waals surface area contributed by atoms with Crippen molar-refractivity contribution in [1.82, 2.24) is 10.2 Å². The van der Waals surface area contributed by atoms with Gasteiger partial charge in [-0.1, -0.05) is 82.2 Å². The molecular weight excluding hydrogens is 554 g/mol. The maximum absolute atomic E-state index is 13.9. The molecular formula is C28H32BrN3O4S. The highest BCUT2D eigenvalue weighted by Crippen LogP contribution is 2.23. The van der Waals surface area contributed by atoms with E-state index in [4.69, 9.17) is 0 Å². The van der Waals surface area contributed by atoms with Crippen LogP contribution in [0, 0.1) is 6.92 Å². The van der Waals surface area contributed by atoms with E-state index in [0.29, 0.717) is 23.1 Å². The number of carbonyl (C=O) groups is 2. The molecule has 0 saturated heterocycles. The zero-order chi connectivity index (χ0) is 27.0. The summed E-state index contributed by atoms with van der Waals surface area (Å²) >= 11 is 3.37. The molecule has 0 aliphatic heterocycles. The van der Waals surface area contributed by atoms with Gasteiger partial charge < -0.3 is 10.2 Å². The average molecular weight is 587 g/mol. The molecule has 3 rings (SSSR count). The summed E-state index contributed by atoms with van der Waals surface area (Å²) in [6.07, 6.45) is 1.36. The first-order valence-electron chi connectivity index (χ1n) is 12.0. The summed E-state index contributed by atoms with van der Waals surface area (Å²) in [5, 5.41) is 2.85. The van der Waals surface area contributed by atoms with Crippen LogP contribution in [0.25, 0.3) is 0 Å². The van der Waals surface area contributed by atoms with Crippen molar-refractivity contribution in [2.75, 3.05) is 23.7 Å². The van der Waals surface area contributed by atoms with E-state index in [0.717, 1.165) is 27.3 Å². The van der Waals surface area contributed by atoms with Gasteiger partial charge in [0.1, 0.15) is 12.6 Å². The minimum Gasteiger partial charge on any atom is -0.355 e. The molecule has 0 heterocycles. The average Bonchev–Trinajstić information content (AvgIpc) is 2.84. The molecule has 0 saturated carbocycles. The third-order valence-corrected chi connectivity index (χ3v) is 7.47. The lowest BCUT2D eigenvalue weighted by Crippen LogP contribution is -2.53. The Morgan fingerprint density at radius 1 is 0.946 bits per heavy atom. The highest BCUT2D eigenvalue weighted by molar-refractivity contribution is 9.10. The van der Waals surface area contributed by atoms with E-state index in [2.05, 4.69) is 21.2 Å². The van der Waals surface area contributed by atoms with Crippen LogP contribution in [-0.2, 0) is 32.6 Å². The number of halogens is 1. The highest BCUT2D eigenvalue weighted by atomic mass is 79.9. The molecule has 0 aromatic heterocycles. The molecule has 2 amide bonds. The second-order valence-corrected chi connectivity index (χ2v) is 11.7. The largest absolute Gasteiger partial charge is 0.355 e. The molecule has 0 aliphatic rings. The molecule has 0 fully saturated rings. The Morgan fingerprint density at radius 3 is 2.24 bits per heavy atom. The summed E-state index contributed by atoms with van der Waals surface area (Å²) in [6.45, 7) is 3.91. The van der Waals surface area contributed by atoms with E-state index in [1.165, 1.54) is 4.90 Å². The van der Waals surface area contributed by atoms with Gasteiger partial charge in [-0.15, -0.1) is 0 Å². The van der Waals surface area contributed by atoms with Crippen LogP contribution in [0.15, 0.2) is 83.3 Å². The molecule has 9 heteroatoms. The Morgan fingerprint density at radius 2 is 1.62 bits per heavy atom. The summed E-state index contributed by atoms with van der Waals surface area (Å²) in [7, 11) is -3.79. The minimum absolute atomic E-state index is 0.158. The number of rotatable bonds is 11. The quantitative estimate of drug-likeness (QED) is 0.363. The molecule has 7 nitrogen and oxygen atoms in total. The molecule has 0 spiro atoms. The molecule has 0 aliphatic carbocycles. The number of nitrogens with one attached hydrogen (secondary N) is 1. The Labute approximate surface area is 227 Å². The van der Waals surface area contributed by atoms with Gasteiger partial charge in [0.15, 0.2) is 0 Å². The van der Waals surface area contributed by atoms with Crippen LogP contribution in [0.4, 0.5) is 5.69 Å². The maximum Gasteiger partial charge on any atom is 0.244 e. The first-order chi connectivity index (χ1) is 17.6. The fraction of sp³-hybridized carbons (Fsp3) is 0.286. The molecule has 1 N–H and O–H groups in total. The monoisotopic (exact) mass is 585 g/mol. The number of benzene rings is 3. The fourth-order valence-electron chi connectivity index (χ4n) is 4.10. The number of aryl methyl sites for hydroxylation is 1. The lowest BCUT2D eigenvalue weighted by molar-refractivity contribution is -0.140. The van der Waals surface area contributed by atoms with Crippen molar-refractivity contribution in [2.45, 2.75) is 32.9 Å². The van der Waals surface area contributed by atoms with Crippen molar-refractivity contribution in [1.29, 1.82) is 0 Å². The second-order valence-electron chi connectivity index (χ2n) is 8.86. The predicted octanol–water partition coefficient (Wildman–Crippen LogP) is 4.30. The SMILES string of the molecule is CCNC(=O)[C@@H](Cc1ccccc1)N(Cc1cccc(C)c1)C(=O)CN(c1cccc(Br)c1)S(C)(=O)=O. The third kappa shape index (κ3) is 8.16. The first-order valence-corrected chi connectivity index (χ1v) is 14.6. The van der Waals surface area contributed by atoms with Crippen LogP contribution >= 0.6 is 15.9 Å². The second kappa shape index (κ2) is 12.9. The predicted molar refractivity (Wildman–Crippen MR) is 151 cm³/mol. The molecule has 1 atom stereocenters. The normalized spacial score (nSPS) is 12.0. The fourth-order valence-corrected chi connectivity index (χ4v) is 5.33. The topological polar surface area (TPSA) is 86.8 Å². The molecule has 3 aromatic carbocycles. The number of anilines is 1. The molecule has 196 valence electrons. The molecule has 0 unspecified atom stereocenters. The van der Waals surface area contributed by atoms with Gasteiger partial charge in [-0.2, -0.15) is 0 Å². The summed E-state index contributed by atoms with van der Waals surface area (Å²) in [4.78, 5) is 28.7. The summed E-state index contributed by atoms with van der Waals surface area (Å²) < 4.78 is 27.3. The Hall–Kier alpha value is -3.17. The number of carbonyl (C=O) groups excluding carboxylic acids is 2. The molecule has 0 bridgehead atoms. The third-order valence-electron chi connectivity index (χ3n) is 5.83. The molecule has 3 aromatic rings. The number of likely N-dealkylation sites (N-methyl/N-ethyl adjacent to an activating group) is 1. The van der Waals surface area contributed by atoms with E-state index in [1.807, 2.05) is 68.4 Å². The van der Waals surface area contributed by atoms with Crippen LogP contribution in [0.3, 0.4) is 0 Å². The van der Waals surface area contributed by atoms with Crippen LogP contribution in [-0.4, -0.2) is 50.5 Å². The van der Waals surface area contributed by atoms with Crippen LogP contribution in [0.1, 0.15) is 23.6 Å². The van der Waals surface area contributed by atoms with Crippen LogP contribution < -0.4 is 9.62 Å². The first kappa shape index (κ1) is 28.4. The summed E-state index contributed by atoms with van der Waals surface area (Å²) in [6, 6.07) is 23.1. The lowest BCUT2D eigenvalue weighted by atomic mass is 10.0. The molecule has 37 heavy (non-hydrogen) atoms. The summed E-state index contributed by atoms with van der Waals surface area (Å²) in [5.41, 5.74) is 3.13.